The molecule has 12 heteroatoms. The van der Waals surface area contributed by atoms with Crippen molar-refractivity contribution in [2.24, 2.45) is 0 Å². The third-order valence-corrected chi connectivity index (χ3v) is 3.74. The summed E-state index contributed by atoms with van der Waals surface area (Å²) in [6.45, 7) is 0.455. The molecule has 12 nitrogen and oxygen atoms in total. The third-order valence-electron chi connectivity index (χ3n) is 3.74. The highest BCUT2D eigenvalue weighted by atomic mass is 16.3. The Hall–Kier alpha value is -3.32. The molecule has 2 amide bonds. The molecular weight excluding hydrogens is 392 g/mol. The predicted molar refractivity (Wildman–Crippen MR) is 113 cm³/mol. The molecule has 0 unspecified atom stereocenters. The number of nitrogen functional groups attached to an aromatic ring is 1. The minimum absolute atomic E-state index is 0.0105. The van der Waals surface area contributed by atoms with Crippen LogP contribution in [0.15, 0.2) is 30.7 Å². The minimum Gasteiger partial charge on any atom is -0.397 e. The second-order valence-electron chi connectivity index (χ2n) is 6.07. The van der Waals surface area contributed by atoms with Crippen LogP contribution in [0.1, 0.15) is 0 Å². The fraction of sp³-hybridized carbons (Fsp3) is 0.333. The predicted octanol–water partition coefficient (Wildman–Crippen LogP) is -1.16. The van der Waals surface area contributed by atoms with Gasteiger partial charge in [0.05, 0.1) is 49.6 Å². The van der Waals surface area contributed by atoms with E-state index in [0.29, 0.717) is 23.6 Å². The van der Waals surface area contributed by atoms with E-state index >= 15 is 0 Å². The number of nitrogens with zero attached hydrogens (tertiary/aromatic N) is 2. The first-order chi connectivity index (χ1) is 14.5. The van der Waals surface area contributed by atoms with Gasteiger partial charge in [0.1, 0.15) is 5.69 Å². The summed E-state index contributed by atoms with van der Waals surface area (Å²) in [5, 5.41) is 31.6. The fourth-order valence-electron chi connectivity index (χ4n) is 2.37. The van der Waals surface area contributed by atoms with Crippen molar-refractivity contribution in [3.8, 4) is 0 Å². The number of pyridine rings is 2. The number of hydrogen-bond acceptors (Lipinski definition) is 10. The van der Waals surface area contributed by atoms with Gasteiger partial charge in [-0.1, -0.05) is 0 Å². The molecule has 0 aromatic carbocycles. The molecule has 0 aliphatic heterocycles. The maximum absolute atomic E-state index is 12.1. The zero-order valence-corrected chi connectivity index (χ0v) is 16.3. The van der Waals surface area contributed by atoms with Crippen LogP contribution < -0.4 is 32.3 Å². The molecule has 0 radical (unpaired) electrons. The number of aliphatic hydroxyl groups excluding tert-OH is 2. The normalized spacial score (nSPS) is 10.5. The zero-order chi connectivity index (χ0) is 21.8. The van der Waals surface area contributed by atoms with Gasteiger partial charge in [-0.05, 0) is 12.1 Å². The maximum atomic E-state index is 12.1. The molecule has 0 spiro atoms. The average Bonchev–Trinajstić information content (AvgIpc) is 2.72. The molecule has 0 aliphatic rings. The van der Waals surface area contributed by atoms with Gasteiger partial charge in [-0.15, -0.1) is 0 Å². The van der Waals surface area contributed by atoms with Crippen molar-refractivity contribution in [3.05, 3.63) is 30.7 Å². The Morgan fingerprint density at radius 2 is 1.60 bits per heavy atom. The topological polar surface area (TPSA) is 187 Å². The number of anilines is 5. The number of nitrogens with one attached hydrogen (secondary N) is 5. The van der Waals surface area contributed by atoms with Crippen molar-refractivity contribution in [2.75, 3.05) is 61.1 Å². The Morgan fingerprint density at radius 3 is 2.27 bits per heavy atom. The third kappa shape index (κ3) is 7.25. The van der Waals surface area contributed by atoms with Crippen LogP contribution in [-0.2, 0) is 9.59 Å². The van der Waals surface area contributed by atoms with Gasteiger partial charge in [0.2, 0.25) is 11.8 Å². The summed E-state index contributed by atoms with van der Waals surface area (Å²) in [5.74, 6) is -0.394. The van der Waals surface area contributed by atoms with E-state index in [0.717, 1.165) is 0 Å². The molecule has 0 bridgehead atoms. The molecule has 0 aliphatic carbocycles. The van der Waals surface area contributed by atoms with Crippen molar-refractivity contribution < 1.29 is 19.8 Å². The molecule has 2 aromatic heterocycles. The lowest BCUT2D eigenvalue weighted by atomic mass is 10.3. The molecule has 2 aromatic rings. The lowest BCUT2D eigenvalue weighted by Crippen LogP contribution is -2.30. The summed E-state index contributed by atoms with van der Waals surface area (Å²) in [6.07, 6.45) is 4.49. The molecule has 2 heterocycles. The first kappa shape index (κ1) is 23.0. The molecule has 0 saturated carbocycles. The fourth-order valence-corrected chi connectivity index (χ4v) is 2.37. The average molecular weight is 418 g/mol. The van der Waals surface area contributed by atoms with E-state index in [4.69, 9.17) is 15.9 Å². The van der Waals surface area contributed by atoms with Crippen molar-refractivity contribution in [3.63, 3.8) is 0 Å². The monoisotopic (exact) mass is 418 g/mol. The zero-order valence-electron chi connectivity index (χ0n) is 16.3. The van der Waals surface area contributed by atoms with Crippen LogP contribution in [0.4, 0.5) is 28.6 Å². The van der Waals surface area contributed by atoms with E-state index in [9.17, 15) is 9.59 Å². The highest BCUT2D eigenvalue weighted by Gasteiger charge is 2.14. The van der Waals surface area contributed by atoms with Crippen molar-refractivity contribution in [1.82, 2.24) is 20.6 Å². The Balaban J connectivity index is 2.14. The first-order valence-corrected chi connectivity index (χ1v) is 9.23. The SMILES string of the molecule is Nc1ccnc(Nc2cnccc2NC(=O)CNCCO)c1NC(=O)CNCCO. The van der Waals surface area contributed by atoms with Gasteiger partial charge < -0.3 is 42.5 Å². The second kappa shape index (κ2) is 12.3. The van der Waals surface area contributed by atoms with Crippen LogP contribution in [-0.4, -0.2) is 71.4 Å². The van der Waals surface area contributed by atoms with Crippen LogP contribution in [0.3, 0.4) is 0 Å². The summed E-state index contributed by atoms with van der Waals surface area (Å²) < 4.78 is 0. The molecule has 9 N–H and O–H groups in total. The quantitative estimate of drug-likeness (QED) is 0.195. The van der Waals surface area contributed by atoms with Crippen LogP contribution in [0.5, 0.6) is 0 Å². The van der Waals surface area contributed by atoms with Gasteiger partial charge in [0.15, 0.2) is 5.82 Å². The number of aliphatic hydroxyl groups is 2. The number of carbonyl (C=O) groups is 2. The molecule has 0 fully saturated rings. The smallest absolute Gasteiger partial charge is 0.238 e. The molecule has 2 rings (SSSR count). The van der Waals surface area contributed by atoms with E-state index in [1.807, 2.05) is 0 Å². The van der Waals surface area contributed by atoms with Crippen molar-refractivity contribution in [2.45, 2.75) is 0 Å². The Labute approximate surface area is 173 Å². The lowest BCUT2D eigenvalue weighted by Gasteiger charge is -2.16. The standard InChI is InChI=1S/C18H26N8O4/c19-12-1-4-23-18(17(12)26-16(30)11-22-6-8-28)25-14-9-20-3-2-13(14)24-15(29)10-21-5-7-27/h1-4,9,21-22,27-28H,5-8,10-11H2,(H,26,30)(H3,19,23,25)(H,20,24,29). The van der Waals surface area contributed by atoms with Crippen LogP contribution >= 0.6 is 0 Å². The molecule has 30 heavy (non-hydrogen) atoms. The number of carbonyl (C=O) groups excluding carboxylic acids is 2. The number of amides is 2. The molecular formula is C18H26N8O4. The van der Waals surface area contributed by atoms with Gasteiger partial charge in [-0.2, -0.15) is 0 Å². The lowest BCUT2D eigenvalue weighted by molar-refractivity contribution is -0.116. The van der Waals surface area contributed by atoms with Gasteiger partial charge in [0.25, 0.3) is 0 Å². The van der Waals surface area contributed by atoms with E-state index in [1.54, 1.807) is 12.1 Å². The minimum atomic E-state index is -0.360. The number of nitrogens with two attached hydrogens (primary N) is 1. The Morgan fingerprint density at radius 1 is 0.933 bits per heavy atom. The van der Waals surface area contributed by atoms with E-state index in [-0.39, 0.29) is 56.2 Å². The largest absolute Gasteiger partial charge is 0.397 e. The maximum Gasteiger partial charge on any atom is 0.238 e. The van der Waals surface area contributed by atoms with E-state index in [1.165, 1.54) is 18.6 Å². The molecule has 162 valence electrons. The van der Waals surface area contributed by atoms with Crippen LogP contribution in [0, 0.1) is 0 Å². The van der Waals surface area contributed by atoms with Crippen molar-refractivity contribution in [1.29, 1.82) is 0 Å². The first-order valence-electron chi connectivity index (χ1n) is 9.23. The second-order valence-corrected chi connectivity index (χ2v) is 6.07. The highest BCUT2D eigenvalue weighted by Crippen LogP contribution is 2.31. The summed E-state index contributed by atoms with van der Waals surface area (Å²) >= 11 is 0. The summed E-state index contributed by atoms with van der Waals surface area (Å²) in [7, 11) is 0. The van der Waals surface area contributed by atoms with Gasteiger partial charge in [-0.25, -0.2) is 4.98 Å². The summed E-state index contributed by atoms with van der Waals surface area (Å²) in [5.41, 5.74) is 7.46. The van der Waals surface area contributed by atoms with Gasteiger partial charge in [0, 0.05) is 25.5 Å². The highest BCUT2D eigenvalue weighted by molar-refractivity contribution is 6.00. The van der Waals surface area contributed by atoms with Gasteiger partial charge in [-0.3, -0.25) is 14.6 Å². The number of rotatable bonds is 12. The number of aromatic nitrogens is 2. The van der Waals surface area contributed by atoms with E-state index < -0.39 is 0 Å². The van der Waals surface area contributed by atoms with Crippen LogP contribution in [0.2, 0.25) is 0 Å². The molecule has 0 atom stereocenters. The van der Waals surface area contributed by atoms with Crippen LogP contribution in [0.25, 0.3) is 0 Å². The Bertz CT molecular complexity index is 849. The summed E-state index contributed by atoms with van der Waals surface area (Å²) in [6, 6.07) is 3.15. The van der Waals surface area contributed by atoms with E-state index in [2.05, 4.69) is 36.6 Å². The number of hydrogen-bond donors (Lipinski definition) is 8. The molecule has 0 saturated heterocycles. The van der Waals surface area contributed by atoms with Gasteiger partial charge >= 0.3 is 0 Å². The van der Waals surface area contributed by atoms with Crippen molar-refractivity contribution >= 4 is 40.4 Å². The summed E-state index contributed by atoms with van der Waals surface area (Å²) in [4.78, 5) is 32.4. The Kier molecular flexibility index (Phi) is 9.40.